The lowest BCUT2D eigenvalue weighted by Gasteiger charge is -1.96. The highest BCUT2D eigenvalue weighted by Gasteiger charge is 2.10. The Bertz CT molecular complexity index is 450. The number of methoxy groups -OCH3 is 1. The number of nitrogens with zero attached hydrogens (tertiary/aromatic N) is 1. The van der Waals surface area contributed by atoms with Gasteiger partial charge in [-0.3, -0.25) is 0 Å². The van der Waals surface area contributed by atoms with E-state index < -0.39 is 0 Å². The minimum atomic E-state index is -0.214. The fourth-order valence-electron chi connectivity index (χ4n) is 1.22. The Labute approximate surface area is 86.6 Å². The van der Waals surface area contributed by atoms with Gasteiger partial charge >= 0.3 is 0 Å². The van der Waals surface area contributed by atoms with Crippen molar-refractivity contribution in [3.8, 4) is 5.75 Å². The maximum absolute atomic E-state index is 5.86. The summed E-state index contributed by atoms with van der Waals surface area (Å²) in [6, 6.07) is 5.49. The van der Waals surface area contributed by atoms with E-state index in [1.165, 1.54) is 0 Å². The molecule has 0 bridgehead atoms. The molecule has 0 spiro atoms. The number of oxazole rings is 1. The minimum Gasteiger partial charge on any atom is -0.497 e. The summed E-state index contributed by atoms with van der Waals surface area (Å²) >= 11 is 5.86. The number of ether oxygens (including phenoxy) is 1. The number of halogens is 1. The molecule has 1 heterocycles. The molecule has 74 valence electrons. The number of aromatic nitrogens is 1. The van der Waals surface area contributed by atoms with Crippen molar-refractivity contribution in [1.29, 1.82) is 0 Å². The van der Waals surface area contributed by atoms with Crippen LogP contribution in [0.15, 0.2) is 22.6 Å². The van der Waals surface area contributed by atoms with Crippen LogP contribution in [0, 0.1) is 0 Å². The predicted octanol–water partition coefficient (Wildman–Crippen LogP) is 3.14. The molecular weight excluding hydrogens is 202 g/mol. The summed E-state index contributed by atoms with van der Waals surface area (Å²) in [6.45, 7) is 1.82. The summed E-state index contributed by atoms with van der Waals surface area (Å²) in [7, 11) is 1.61. The molecular formula is C10H10ClNO2. The van der Waals surface area contributed by atoms with Gasteiger partial charge in [0, 0.05) is 6.07 Å². The van der Waals surface area contributed by atoms with Crippen molar-refractivity contribution < 1.29 is 9.15 Å². The van der Waals surface area contributed by atoms with Gasteiger partial charge in [-0.2, -0.15) is 0 Å². The van der Waals surface area contributed by atoms with Gasteiger partial charge in [0.2, 0.25) is 5.89 Å². The Morgan fingerprint density at radius 3 is 2.93 bits per heavy atom. The molecule has 1 unspecified atom stereocenters. The molecule has 3 nitrogen and oxygen atoms in total. The molecule has 0 aliphatic carbocycles. The lowest BCUT2D eigenvalue weighted by Crippen LogP contribution is -1.81. The van der Waals surface area contributed by atoms with Crippen LogP contribution in [-0.4, -0.2) is 12.1 Å². The van der Waals surface area contributed by atoms with Gasteiger partial charge in [-0.25, -0.2) is 4.98 Å². The quantitative estimate of drug-likeness (QED) is 0.716. The van der Waals surface area contributed by atoms with E-state index in [4.69, 9.17) is 20.8 Å². The van der Waals surface area contributed by atoms with Crippen LogP contribution in [0.4, 0.5) is 0 Å². The van der Waals surface area contributed by atoms with Crippen molar-refractivity contribution in [2.24, 2.45) is 0 Å². The number of benzene rings is 1. The van der Waals surface area contributed by atoms with Crippen molar-refractivity contribution in [2.75, 3.05) is 7.11 Å². The molecule has 1 aromatic heterocycles. The Kier molecular flexibility index (Phi) is 2.33. The second kappa shape index (κ2) is 3.50. The van der Waals surface area contributed by atoms with E-state index in [1.54, 1.807) is 13.2 Å². The van der Waals surface area contributed by atoms with E-state index in [1.807, 2.05) is 19.1 Å². The number of hydrogen-bond acceptors (Lipinski definition) is 3. The third-order valence-electron chi connectivity index (χ3n) is 1.95. The lowest BCUT2D eigenvalue weighted by molar-refractivity contribution is 0.414. The second-order valence-electron chi connectivity index (χ2n) is 3.00. The molecule has 1 aromatic carbocycles. The minimum absolute atomic E-state index is 0.214. The van der Waals surface area contributed by atoms with Gasteiger partial charge in [0.05, 0.1) is 7.11 Å². The van der Waals surface area contributed by atoms with Gasteiger partial charge in [0.25, 0.3) is 0 Å². The van der Waals surface area contributed by atoms with E-state index in [0.29, 0.717) is 11.5 Å². The van der Waals surface area contributed by atoms with E-state index >= 15 is 0 Å². The van der Waals surface area contributed by atoms with Crippen molar-refractivity contribution in [3.05, 3.63) is 24.1 Å². The largest absolute Gasteiger partial charge is 0.497 e. The molecule has 14 heavy (non-hydrogen) atoms. The molecule has 2 aromatic rings. The molecule has 0 saturated carbocycles. The van der Waals surface area contributed by atoms with Crippen LogP contribution < -0.4 is 4.74 Å². The van der Waals surface area contributed by atoms with Crippen molar-refractivity contribution in [1.82, 2.24) is 4.98 Å². The van der Waals surface area contributed by atoms with Crippen LogP contribution in [0.1, 0.15) is 18.2 Å². The van der Waals surface area contributed by atoms with Crippen LogP contribution in [0.5, 0.6) is 5.75 Å². The molecule has 0 aliphatic heterocycles. The first-order valence-corrected chi connectivity index (χ1v) is 4.73. The summed E-state index contributed by atoms with van der Waals surface area (Å²) in [5, 5.41) is -0.214. The Balaban J connectivity index is 2.54. The van der Waals surface area contributed by atoms with Crippen molar-refractivity contribution in [3.63, 3.8) is 0 Å². The Hall–Kier alpha value is -1.22. The maximum atomic E-state index is 5.86. The molecule has 2 rings (SSSR count). The van der Waals surface area contributed by atoms with Crippen LogP contribution in [-0.2, 0) is 0 Å². The molecule has 0 fully saturated rings. The standard InChI is InChI=1S/C10H10ClNO2/c1-6(11)10-12-8-4-3-7(13-2)5-9(8)14-10/h3-6H,1-2H3. The zero-order valence-corrected chi connectivity index (χ0v) is 8.71. The number of fused-ring (bicyclic) bond motifs is 1. The summed E-state index contributed by atoms with van der Waals surface area (Å²) in [6.07, 6.45) is 0. The summed E-state index contributed by atoms with van der Waals surface area (Å²) in [5.41, 5.74) is 1.50. The Morgan fingerprint density at radius 1 is 1.50 bits per heavy atom. The highest BCUT2D eigenvalue weighted by molar-refractivity contribution is 6.20. The van der Waals surface area contributed by atoms with Crippen LogP contribution in [0.25, 0.3) is 11.1 Å². The third-order valence-corrected chi connectivity index (χ3v) is 2.14. The van der Waals surface area contributed by atoms with Gasteiger partial charge in [0.15, 0.2) is 5.58 Å². The second-order valence-corrected chi connectivity index (χ2v) is 3.66. The zero-order chi connectivity index (χ0) is 10.1. The summed E-state index contributed by atoms with van der Waals surface area (Å²) in [4.78, 5) is 4.23. The third kappa shape index (κ3) is 1.55. The molecule has 1 atom stereocenters. The Morgan fingerprint density at radius 2 is 2.29 bits per heavy atom. The average Bonchev–Trinajstić information content (AvgIpc) is 2.59. The van der Waals surface area contributed by atoms with Crippen LogP contribution in [0.2, 0.25) is 0 Å². The summed E-state index contributed by atoms with van der Waals surface area (Å²) in [5.74, 6) is 1.29. The molecule has 0 N–H and O–H groups in total. The highest BCUT2D eigenvalue weighted by atomic mass is 35.5. The normalized spacial score (nSPS) is 13.1. The first-order valence-electron chi connectivity index (χ1n) is 4.29. The lowest BCUT2D eigenvalue weighted by atomic mass is 10.3. The van der Waals surface area contributed by atoms with Gasteiger partial charge in [-0.1, -0.05) is 0 Å². The molecule has 4 heteroatoms. The molecule has 0 amide bonds. The van der Waals surface area contributed by atoms with Gasteiger partial charge < -0.3 is 9.15 Å². The van der Waals surface area contributed by atoms with E-state index in [-0.39, 0.29) is 5.38 Å². The fraction of sp³-hybridized carbons (Fsp3) is 0.300. The molecule has 0 radical (unpaired) electrons. The molecule has 0 saturated heterocycles. The van der Waals surface area contributed by atoms with Crippen LogP contribution >= 0.6 is 11.6 Å². The van der Waals surface area contributed by atoms with Gasteiger partial charge in [0.1, 0.15) is 16.6 Å². The predicted molar refractivity (Wildman–Crippen MR) is 54.8 cm³/mol. The first-order chi connectivity index (χ1) is 6.70. The zero-order valence-electron chi connectivity index (χ0n) is 7.95. The van der Waals surface area contributed by atoms with Crippen molar-refractivity contribution >= 4 is 22.7 Å². The number of alkyl halides is 1. The van der Waals surface area contributed by atoms with Gasteiger partial charge in [-0.05, 0) is 19.1 Å². The average molecular weight is 212 g/mol. The van der Waals surface area contributed by atoms with Gasteiger partial charge in [-0.15, -0.1) is 11.6 Å². The SMILES string of the molecule is COc1ccc2nc(C(C)Cl)oc2c1. The highest BCUT2D eigenvalue weighted by Crippen LogP contribution is 2.26. The summed E-state index contributed by atoms with van der Waals surface area (Å²) < 4.78 is 10.5. The first kappa shape index (κ1) is 9.34. The molecule has 0 aliphatic rings. The fourth-order valence-corrected chi connectivity index (χ4v) is 1.31. The monoisotopic (exact) mass is 211 g/mol. The van der Waals surface area contributed by atoms with E-state index in [2.05, 4.69) is 4.98 Å². The maximum Gasteiger partial charge on any atom is 0.213 e. The van der Waals surface area contributed by atoms with Crippen molar-refractivity contribution in [2.45, 2.75) is 12.3 Å². The van der Waals surface area contributed by atoms with E-state index in [9.17, 15) is 0 Å². The topological polar surface area (TPSA) is 35.3 Å². The van der Waals surface area contributed by atoms with Crippen LogP contribution in [0.3, 0.4) is 0 Å². The smallest absolute Gasteiger partial charge is 0.213 e. The number of hydrogen-bond donors (Lipinski definition) is 0. The number of rotatable bonds is 2. The van der Waals surface area contributed by atoms with E-state index in [0.717, 1.165) is 11.3 Å².